The van der Waals surface area contributed by atoms with Gasteiger partial charge in [-0.05, 0) is 35.9 Å². The van der Waals surface area contributed by atoms with Gasteiger partial charge in [-0.1, -0.05) is 24.3 Å². The van der Waals surface area contributed by atoms with Crippen molar-refractivity contribution in [2.75, 3.05) is 19.4 Å². The molecule has 0 fully saturated rings. The summed E-state index contributed by atoms with van der Waals surface area (Å²) in [7, 11) is 3.20. The summed E-state index contributed by atoms with van der Waals surface area (Å²) in [5.74, 6) is 0.894. The number of nitrogens with zero attached hydrogens (tertiary/aromatic N) is 4. The van der Waals surface area contributed by atoms with Gasteiger partial charge in [0.1, 0.15) is 11.3 Å². The minimum atomic E-state index is -0.547. The van der Waals surface area contributed by atoms with Crippen LogP contribution in [0.25, 0.3) is 10.9 Å². The lowest BCUT2D eigenvalue weighted by Gasteiger charge is -2.24. The molecule has 4 rings (SSSR count). The van der Waals surface area contributed by atoms with Crippen LogP contribution in [-0.4, -0.2) is 40.0 Å². The number of pyridine rings is 2. The van der Waals surface area contributed by atoms with Crippen LogP contribution in [0.5, 0.6) is 5.75 Å². The number of nitro benzene ring substituents is 1. The maximum absolute atomic E-state index is 12.5. The zero-order chi connectivity index (χ0) is 23.4. The number of rotatable bonds is 6. The Hall–Kier alpha value is -4.53. The first-order valence-corrected chi connectivity index (χ1v) is 10.1. The van der Waals surface area contributed by atoms with Crippen molar-refractivity contribution in [3.05, 3.63) is 100 Å². The minimum absolute atomic E-state index is 0.0187. The fraction of sp³-hybridized carbons (Fsp3) is 0.125. The van der Waals surface area contributed by atoms with E-state index in [9.17, 15) is 14.9 Å². The molecule has 9 heteroatoms. The number of non-ortho nitro benzene ring substituents is 1. The second-order valence-corrected chi connectivity index (χ2v) is 7.46. The normalized spacial score (nSPS) is 11.6. The summed E-state index contributed by atoms with van der Waals surface area (Å²) in [5.41, 5.74) is 1.87. The van der Waals surface area contributed by atoms with Crippen LogP contribution in [-0.2, 0) is 0 Å². The van der Waals surface area contributed by atoms with Crippen molar-refractivity contribution in [2.45, 2.75) is 6.04 Å². The van der Waals surface area contributed by atoms with Gasteiger partial charge in [0.05, 0.1) is 11.0 Å². The van der Waals surface area contributed by atoms with Gasteiger partial charge in [-0.15, -0.1) is 0 Å². The van der Waals surface area contributed by atoms with Crippen molar-refractivity contribution in [3.8, 4) is 5.75 Å². The van der Waals surface area contributed by atoms with Crippen LogP contribution in [0.3, 0.4) is 0 Å². The molecule has 4 aromatic rings. The lowest BCUT2D eigenvalue weighted by atomic mass is 9.96. The molecule has 0 radical (unpaired) electrons. The minimum Gasteiger partial charge on any atom is -0.407 e. The molecule has 0 bridgehead atoms. The summed E-state index contributed by atoms with van der Waals surface area (Å²) in [6.45, 7) is 0. The van der Waals surface area contributed by atoms with E-state index < -0.39 is 17.1 Å². The number of carbonyl (C=O) groups excluding carboxylic acids is 1. The predicted octanol–water partition coefficient (Wildman–Crippen LogP) is 4.80. The highest BCUT2D eigenvalue weighted by Crippen LogP contribution is 2.37. The van der Waals surface area contributed by atoms with Crippen molar-refractivity contribution in [1.82, 2.24) is 14.9 Å². The van der Waals surface area contributed by atoms with Crippen molar-refractivity contribution >= 4 is 28.5 Å². The second kappa shape index (κ2) is 9.31. The molecule has 9 nitrogen and oxygen atoms in total. The van der Waals surface area contributed by atoms with Crippen LogP contribution < -0.4 is 10.1 Å². The topological polar surface area (TPSA) is 110 Å². The van der Waals surface area contributed by atoms with E-state index in [2.05, 4.69) is 15.3 Å². The number of nitrogens with one attached hydrogen (secondary N) is 1. The van der Waals surface area contributed by atoms with Gasteiger partial charge in [0.25, 0.3) is 5.69 Å². The van der Waals surface area contributed by atoms with Crippen LogP contribution in [0.4, 0.5) is 16.3 Å². The number of fused-ring (bicyclic) bond motifs is 1. The van der Waals surface area contributed by atoms with Crippen molar-refractivity contribution < 1.29 is 14.5 Å². The molecule has 1 amide bonds. The molecule has 2 heterocycles. The Morgan fingerprint density at radius 3 is 2.42 bits per heavy atom. The van der Waals surface area contributed by atoms with Gasteiger partial charge in [0.2, 0.25) is 0 Å². The zero-order valence-corrected chi connectivity index (χ0v) is 18.0. The van der Waals surface area contributed by atoms with E-state index in [-0.39, 0.29) is 5.69 Å². The van der Waals surface area contributed by atoms with Gasteiger partial charge >= 0.3 is 6.09 Å². The average Bonchev–Trinajstić information content (AvgIpc) is 2.83. The first-order valence-electron chi connectivity index (χ1n) is 10.1. The lowest BCUT2D eigenvalue weighted by molar-refractivity contribution is -0.384. The van der Waals surface area contributed by atoms with E-state index >= 15 is 0 Å². The van der Waals surface area contributed by atoms with E-state index in [1.165, 1.54) is 17.0 Å². The number of aromatic nitrogens is 2. The van der Waals surface area contributed by atoms with Crippen LogP contribution in [0.2, 0.25) is 0 Å². The Morgan fingerprint density at radius 2 is 1.76 bits per heavy atom. The summed E-state index contributed by atoms with van der Waals surface area (Å²) >= 11 is 0. The fourth-order valence-electron chi connectivity index (χ4n) is 3.37. The maximum atomic E-state index is 12.5. The molecule has 0 aliphatic heterocycles. The molecule has 33 heavy (non-hydrogen) atoms. The van der Waals surface area contributed by atoms with Gasteiger partial charge < -0.3 is 15.0 Å². The van der Waals surface area contributed by atoms with Gasteiger partial charge in [-0.25, -0.2) is 9.78 Å². The number of anilines is 1. The smallest absolute Gasteiger partial charge is 0.407 e. The predicted molar refractivity (Wildman–Crippen MR) is 124 cm³/mol. The van der Waals surface area contributed by atoms with E-state index in [0.29, 0.717) is 22.6 Å². The Bertz CT molecular complexity index is 1290. The molecule has 166 valence electrons. The van der Waals surface area contributed by atoms with Crippen LogP contribution in [0, 0.1) is 10.1 Å². The summed E-state index contributed by atoms with van der Waals surface area (Å²) < 4.78 is 5.78. The average molecular weight is 443 g/mol. The van der Waals surface area contributed by atoms with E-state index in [1.807, 2.05) is 30.3 Å². The third kappa shape index (κ3) is 4.72. The number of ether oxygens (including phenoxy) is 1. The van der Waals surface area contributed by atoms with Crippen LogP contribution in [0.15, 0.2) is 79.1 Å². The summed E-state index contributed by atoms with van der Waals surface area (Å²) in [6.07, 6.45) is 2.74. The Balaban J connectivity index is 1.89. The molecule has 1 N–H and O–H groups in total. The van der Waals surface area contributed by atoms with Gasteiger partial charge in [-0.3, -0.25) is 15.1 Å². The highest BCUT2D eigenvalue weighted by Gasteiger charge is 2.24. The molecule has 2 aromatic heterocycles. The van der Waals surface area contributed by atoms with E-state index in [4.69, 9.17) is 4.74 Å². The summed E-state index contributed by atoms with van der Waals surface area (Å²) in [4.78, 5) is 33.3. The molecule has 1 unspecified atom stereocenters. The van der Waals surface area contributed by atoms with Crippen molar-refractivity contribution in [1.29, 1.82) is 0 Å². The number of nitro groups is 1. The first kappa shape index (κ1) is 21.7. The third-order valence-corrected chi connectivity index (χ3v) is 5.02. The molecule has 0 aliphatic rings. The molecule has 0 spiro atoms. The van der Waals surface area contributed by atoms with E-state index in [0.717, 1.165) is 10.9 Å². The molecule has 2 aromatic carbocycles. The van der Waals surface area contributed by atoms with Crippen molar-refractivity contribution in [2.24, 2.45) is 0 Å². The highest BCUT2D eigenvalue weighted by atomic mass is 16.6. The largest absolute Gasteiger partial charge is 0.414 e. The Labute approximate surface area is 189 Å². The number of hydrogen-bond acceptors (Lipinski definition) is 7. The molecule has 0 saturated heterocycles. The van der Waals surface area contributed by atoms with Gasteiger partial charge in [0, 0.05) is 49.6 Å². The van der Waals surface area contributed by atoms with Gasteiger partial charge in [0.15, 0.2) is 5.75 Å². The molecule has 0 saturated carbocycles. The van der Waals surface area contributed by atoms with Crippen LogP contribution >= 0.6 is 0 Å². The third-order valence-electron chi connectivity index (χ3n) is 5.02. The molecule has 1 atom stereocenters. The molecular formula is C24H21N5O4. The maximum Gasteiger partial charge on any atom is 0.414 e. The number of benzene rings is 2. The SMILES string of the molecule is CN(C)C(=O)Oc1c(C(Nc2ccccn2)c2ccc([N+](=O)[O-])cc2)ccc2cccnc12. The van der Waals surface area contributed by atoms with E-state index in [1.54, 1.807) is 50.8 Å². The monoisotopic (exact) mass is 443 g/mol. The highest BCUT2D eigenvalue weighted by molar-refractivity contribution is 5.88. The molecular weight excluding hydrogens is 422 g/mol. The first-order chi connectivity index (χ1) is 15.9. The number of amides is 1. The summed E-state index contributed by atoms with van der Waals surface area (Å²) in [5, 5.41) is 15.3. The quantitative estimate of drug-likeness (QED) is 0.337. The Kier molecular flexibility index (Phi) is 6.12. The number of hydrogen-bond donors (Lipinski definition) is 1. The van der Waals surface area contributed by atoms with Crippen molar-refractivity contribution in [3.63, 3.8) is 0 Å². The fourth-order valence-corrected chi connectivity index (χ4v) is 3.37. The zero-order valence-electron chi connectivity index (χ0n) is 18.0. The summed E-state index contributed by atoms with van der Waals surface area (Å²) in [6, 6.07) is 18.6. The van der Waals surface area contributed by atoms with Crippen LogP contribution in [0.1, 0.15) is 17.2 Å². The second-order valence-electron chi connectivity index (χ2n) is 7.46. The number of carbonyl (C=O) groups is 1. The van der Waals surface area contributed by atoms with Gasteiger partial charge in [-0.2, -0.15) is 0 Å². The lowest BCUT2D eigenvalue weighted by Crippen LogP contribution is -2.26. The standard InChI is InChI=1S/C24H21N5O4/c1-28(2)24(30)33-23-19(13-10-16-6-5-15-26-22(16)23)21(27-20-7-3-4-14-25-20)17-8-11-18(12-9-17)29(31)32/h3-15,21H,1-2H3,(H,25,27). The molecule has 0 aliphatic carbocycles. The Morgan fingerprint density at radius 1 is 1.00 bits per heavy atom.